The van der Waals surface area contributed by atoms with Gasteiger partial charge in [-0.3, -0.25) is 9.78 Å². The van der Waals surface area contributed by atoms with Crippen LogP contribution in [0.1, 0.15) is 23.2 Å². The molecular formula is C11H11F3N2O2. The van der Waals surface area contributed by atoms with Gasteiger partial charge < -0.3 is 10.0 Å². The summed E-state index contributed by atoms with van der Waals surface area (Å²) in [7, 11) is 0. The van der Waals surface area contributed by atoms with Crippen LogP contribution in [0.5, 0.6) is 5.75 Å². The van der Waals surface area contributed by atoms with Crippen molar-refractivity contribution in [3.63, 3.8) is 0 Å². The number of hydrogen-bond donors (Lipinski definition) is 1. The molecule has 0 radical (unpaired) electrons. The van der Waals surface area contributed by atoms with Gasteiger partial charge in [0.05, 0.1) is 11.8 Å². The second-order valence-corrected chi connectivity index (χ2v) is 4.17. The molecule has 4 nitrogen and oxygen atoms in total. The average Bonchev–Trinajstić information content (AvgIpc) is 3.08. The van der Waals surface area contributed by atoms with Crippen LogP contribution in [0.15, 0.2) is 18.5 Å². The fourth-order valence-electron chi connectivity index (χ4n) is 1.67. The zero-order chi connectivity index (χ0) is 13.3. The van der Waals surface area contributed by atoms with Gasteiger partial charge in [-0.25, -0.2) is 0 Å². The molecule has 1 amide bonds. The van der Waals surface area contributed by atoms with Crippen molar-refractivity contribution in [3.8, 4) is 5.75 Å². The number of alkyl halides is 3. The van der Waals surface area contributed by atoms with E-state index in [-0.39, 0.29) is 11.6 Å². The van der Waals surface area contributed by atoms with Crippen LogP contribution in [0.25, 0.3) is 0 Å². The number of aromatic nitrogens is 1. The molecule has 1 N–H and O–H groups in total. The Morgan fingerprint density at radius 1 is 1.50 bits per heavy atom. The van der Waals surface area contributed by atoms with Gasteiger partial charge in [-0.05, 0) is 18.9 Å². The molecule has 1 aliphatic rings. The van der Waals surface area contributed by atoms with Crippen molar-refractivity contribution < 1.29 is 23.1 Å². The summed E-state index contributed by atoms with van der Waals surface area (Å²) in [4.78, 5) is 16.3. The predicted octanol–water partition coefficient (Wildman–Crippen LogP) is 1.95. The first-order valence-corrected chi connectivity index (χ1v) is 5.39. The molecule has 0 aliphatic heterocycles. The summed E-state index contributed by atoms with van der Waals surface area (Å²) in [5.41, 5.74) is -0.152. The summed E-state index contributed by atoms with van der Waals surface area (Å²) in [6.07, 6.45) is -1.03. The van der Waals surface area contributed by atoms with Crippen LogP contribution in [-0.2, 0) is 0 Å². The second-order valence-electron chi connectivity index (χ2n) is 4.17. The fourth-order valence-corrected chi connectivity index (χ4v) is 1.67. The summed E-state index contributed by atoms with van der Waals surface area (Å²) < 4.78 is 37.2. The van der Waals surface area contributed by atoms with Gasteiger partial charge in [-0.15, -0.1) is 0 Å². The Bertz CT molecular complexity index is 458. The number of nitrogens with zero attached hydrogens (tertiary/aromatic N) is 2. The molecule has 0 unspecified atom stereocenters. The highest BCUT2D eigenvalue weighted by atomic mass is 19.4. The molecule has 0 saturated heterocycles. The maximum atomic E-state index is 12.4. The zero-order valence-electron chi connectivity index (χ0n) is 9.31. The largest absolute Gasteiger partial charge is 0.505 e. The summed E-state index contributed by atoms with van der Waals surface area (Å²) in [6, 6.07) is 0.829. The lowest BCUT2D eigenvalue weighted by Gasteiger charge is -2.23. The Morgan fingerprint density at radius 3 is 2.67 bits per heavy atom. The van der Waals surface area contributed by atoms with Gasteiger partial charge in [-0.2, -0.15) is 13.2 Å². The number of amides is 1. The second kappa shape index (κ2) is 4.47. The van der Waals surface area contributed by atoms with E-state index in [0.717, 1.165) is 11.1 Å². The van der Waals surface area contributed by atoms with E-state index in [1.807, 2.05) is 0 Å². The minimum Gasteiger partial charge on any atom is -0.505 e. The summed E-state index contributed by atoms with van der Waals surface area (Å²) in [5.74, 6) is -1.22. The molecule has 1 aromatic rings. The van der Waals surface area contributed by atoms with Crippen molar-refractivity contribution in [2.24, 2.45) is 0 Å². The van der Waals surface area contributed by atoms with E-state index in [1.165, 1.54) is 12.3 Å². The molecule has 1 fully saturated rings. The number of halogens is 3. The quantitative estimate of drug-likeness (QED) is 0.903. The molecule has 0 spiro atoms. The van der Waals surface area contributed by atoms with Crippen LogP contribution in [0, 0.1) is 0 Å². The molecule has 2 rings (SSSR count). The molecular weight excluding hydrogens is 249 g/mol. The summed E-state index contributed by atoms with van der Waals surface area (Å²) >= 11 is 0. The SMILES string of the molecule is O=C(c1ccncc1O)N(CC(F)(F)F)C1CC1. The zero-order valence-corrected chi connectivity index (χ0v) is 9.31. The van der Waals surface area contributed by atoms with Crippen LogP contribution < -0.4 is 0 Å². The van der Waals surface area contributed by atoms with E-state index in [2.05, 4.69) is 4.98 Å². The third kappa shape index (κ3) is 2.91. The van der Waals surface area contributed by atoms with Gasteiger partial charge in [-0.1, -0.05) is 0 Å². The maximum Gasteiger partial charge on any atom is 0.406 e. The van der Waals surface area contributed by atoms with Gasteiger partial charge in [0.15, 0.2) is 0 Å². The van der Waals surface area contributed by atoms with Gasteiger partial charge in [0.25, 0.3) is 5.91 Å². The Kier molecular flexibility index (Phi) is 3.14. The maximum absolute atomic E-state index is 12.4. The molecule has 0 bridgehead atoms. The van der Waals surface area contributed by atoms with Crippen molar-refractivity contribution in [1.29, 1.82) is 0 Å². The third-order valence-electron chi connectivity index (χ3n) is 2.63. The highest BCUT2D eigenvalue weighted by molar-refractivity contribution is 5.97. The van der Waals surface area contributed by atoms with Crippen LogP contribution in [0.2, 0.25) is 0 Å². The molecule has 1 saturated carbocycles. The van der Waals surface area contributed by atoms with Crippen LogP contribution in [-0.4, -0.2) is 39.7 Å². The minimum atomic E-state index is -4.44. The van der Waals surface area contributed by atoms with Crippen molar-refractivity contribution in [1.82, 2.24) is 9.88 Å². The average molecular weight is 260 g/mol. The Labute approximate surface area is 101 Å². The molecule has 18 heavy (non-hydrogen) atoms. The van der Waals surface area contributed by atoms with Crippen LogP contribution in [0.4, 0.5) is 13.2 Å². The lowest BCUT2D eigenvalue weighted by molar-refractivity contribution is -0.141. The van der Waals surface area contributed by atoms with Crippen molar-refractivity contribution >= 4 is 5.91 Å². The lowest BCUT2D eigenvalue weighted by Crippen LogP contribution is -2.40. The summed E-state index contributed by atoms with van der Waals surface area (Å²) in [5, 5.41) is 9.44. The van der Waals surface area contributed by atoms with Crippen molar-refractivity contribution in [2.75, 3.05) is 6.54 Å². The highest BCUT2D eigenvalue weighted by Gasteiger charge is 2.41. The van der Waals surface area contributed by atoms with Crippen molar-refractivity contribution in [2.45, 2.75) is 25.1 Å². The van der Waals surface area contributed by atoms with E-state index >= 15 is 0 Å². The topological polar surface area (TPSA) is 53.4 Å². The first kappa shape index (κ1) is 12.7. The minimum absolute atomic E-state index is 0.152. The van der Waals surface area contributed by atoms with Crippen LogP contribution in [0.3, 0.4) is 0 Å². The number of carbonyl (C=O) groups is 1. The first-order chi connectivity index (χ1) is 8.38. The number of rotatable bonds is 3. The predicted molar refractivity (Wildman–Crippen MR) is 56.0 cm³/mol. The third-order valence-corrected chi connectivity index (χ3v) is 2.63. The smallest absolute Gasteiger partial charge is 0.406 e. The fraction of sp³-hybridized carbons (Fsp3) is 0.455. The normalized spacial score (nSPS) is 15.5. The summed E-state index contributed by atoms with van der Waals surface area (Å²) in [6.45, 7) is -1.29. The molecule has 0 aromatic carbocycles. The van der Waals surface area contributed by atoms with E-state index in [0.29, 0.717) is 12.8 Å². The Hall–Kier alpha value is -1.79. The first-order valence-electron chi connectivity index (χ1n) is 5.39. The van der Waals surface area contributed by atoms with E-state index < -0.39 is 24.4 Å². The lowest BCUT2D eigenvalue weighted by atomic mass is 10.2. The monoisotopic (exact) mass is 260 g/mol. The van der Waals surface area contributed by atoms with Gasteiger partial charge in [0.2, 0.25) is 0 Å². The number of aromatic hydroxyl groups is 1. The number of hydrogen-bond acceptors (Lipinski definition) is 3. The van der Waals surface area contributed by atoms with Gasteiger partial charge >= 0.3 is 6.18 Å². The van der Waals surface area contributed by atoms with E-state index in [9.17, 15) is 23.1 Å². The number of pyridine rings is 1. The standard InChI is InChI=1S/C11H11F3N2O2/c12-11(13,14)6-16(7-1-2-7)10(18)8-3-4-15-5-9(8)17/h3-5,7,17H,1-2,6H2. The Morgan fingerprint density at radius 2 is 2.17 bits per heavy atom. The molecule has 98 valence electrons. The highest BCUT2D eigenvalue weighted by Crippen LogP contribution is 2.32. The van der Waals surface area contributed by atoms with Crippen molar-refractivity contribution in [3.05, 3.63) is 24.0 Å². The van der Waals surface area contributed by atoms with Crippen LogP contribution >= 0.6 is 0 Å². The molecule has 1 heterocycles. The molecule has 0 atom stereocenters. The Balaban J connectivity index is 2.21. The molecule has 7 heteroatoms. The van der Waals surface area contributed by atoms with Gasteiger partial charge in [0.1, 0.15) is 12.3 Å². The number of carbonyl (C=O) groups excluding carboxylic acids is 1. The molecule has 1 aliphatic carbocycles. The van der Waals surface area contributed by atoms with E-state index in [1.54, 1.807) is 0 Å². The molecule has 1 aromatic heterocycles. The van der Waals surface area contributed by atoms with Gasteiger partial charge in [0, 0.05) is 12.2 Å². The van der Waals surface area contributed by atoms with E-state index in [4.69, 9.17) is 0 Å².